The Morgan fingerprint density at radius 3 is 2.70 bits per heavy atom. The van der Waals surface area contributed by atoms with Crippen molar-refractivity contribution in [2.45, 2.75) is 12.5 Å². The molecule has 0 aliphatic carbocycles. The lowest BCUT2D eigenvalue weighted by Crippen LogP contribution is -2.42. The van der Waals surface area contributed by atoms with Crippen molar-refractivity contribution >= 4 is 34.6 Å². The number of amides is 4. The number of hydrogen-bond acceptors (Lipinski definition) is 7. The molecule has 3 heterocycles. The van der Waals surface area contributed by atoms with E-state index in [0.29, 0.717) is 28.0 Å². The Balaban J connectivity index is 1.34. The molecule has 13 heteroatoms. The first-order chi connectivity index (χ1) is 15.8. The van der Waals surface area contributed by atoms with Crippen molar-refractivity contribution in [3.8, 4) is 5.69 Å². The molecule has 4 aromatic rings. The van der Waals surface area contributed by atoms with Gasteiger partial charge in [0.05, 0.1) is 16.7 Å². The molecule has 0 saturated carbocycles. The van der Waals surface area contributed by atoms with Crippen molar-refractivity contribution in [1.29, 1.82) is 0 Å². The summed E-state index contributed by atoms with van der Waals surface area (Å²) in [6.45, 7) is 1.09. The Morgan fingerprint density at radius 1 is 1.09 bits per heavy atom. The number of hydrogen-bond donors (Lipinski definition) is 4. The molecule has 2 aromatic carbocycles. The third kappa shape index (κ3) is 3.50. The highest BCUT2D eigenvalue weighted by molar-refractivity contribution is 6.10. The molecule has 1 fully saturated rings. The second-order valence-electron chi connectivity index (χ2n) is 7.64. The van der Waals surface area contributed by atoms with E-state index in [1.165, 1.54) is 11.0 Å². The third-order valence-corrected chi connectivity index (χ3v) is 5.41. The monoisotopic (exact) mass is 447 g/mol. The maximum atomic E-state index is 13.2. The first-order valence-electron chi connectivity index (χ1n) is 9.83. The number of H-pyrrole nitrogens is 2. The van der Waals surface area contributed by atoms with Gasteiger partial charge >= 0.3 is 11.7 Å². The van der Waals surface area contributed by atoms with Gasteiger partial charge in [-0.1, -0.05) is 12.1 Å². The quantitative estimate of drug-likeness (QED) is 0.317. The summed E-state index contributed by atoms with van der Waals surface area (Å²) < 4.78 is 1.42. The van der Waals surface area contributed by atoms with Crippen LogP contribution in [0.4, 0.5) is 10.5 Å². The molecule has 1 saturated heterocycles. The molecular weight excluding hydrogens is 430 g/mol. The molecule has 0 radical (unpaired) electrons. The van der Waals surface area contributed by atoms with Crippen molar-refractivity contribution < 1.29 is 14.4 Å². The minimum atomic E-state index is -1.37. The van der Waals surface area contributed by atoms with Crippen LogP contribution in [0.5, 0.6) is 0 Å². The molecule has 5 rings (SSSR count). The van der Waals surface area contributed by atoms with Gasteiger partial charge in [-0.05, 0) is 53.2 Å². The first-order valence-corrected chi connectivity index (χ1v) is 9.83. The fourth-order valence-electron chi connectivity index (χ4n) is 3.73. The number of nitrogens with one attached hydrogen (secondary N) is 4. The minimum Gasteiger partial charge on any atom is -0.324 e. The molecule has 0 spiro atoms. The fourth-order valence-corrected chi connectivity index (χ4v) is 3.73. The van der Waals surface area contributed by atoms with Gasteiger partial charge in [-0.25, -0.2) is 14.3 Å². The van der Waals surface area contributed by atoms with Gasteiger partial charge in [-0.3, -0.25) is 14.5 Å². The summed E-state index contributed by atoms with van der Waals surface area (Å²) in [4.78, 5) is 55.8. The SMILES string of the molecule is C[C@]1(c2cccc(-n3cnnn3)c2)NC(=O)N(CC(=O)Nc2ccc3[nH]c(=O)[nH]c3c2)C1=O. The standard InChI is InChI=1S/C20H17N9O4/c1-20(11-3-2-4-13(7-11)29-10-21-26-27-29)17(31)28(19(33)25-20)9-16(30)22-12-5-6-14-15(8-12)24-18(32)23-14/h2-8,10H,9H2,1H3,(H,22,30)(H,25,33)(H2,23,24,32)/t20-/m1/s1. The highest BCUT2D eigenvalue weighted by Gasteiger charge is 2.49. The lowest BCUT2D eigenvalue weighted by atomic mass is 9.91. The Bertz CT molecular complexity index is 1460. The van der Waals surface area contributed by atoms with Crippen LogP contribution in [0.25, 0.3) is 16.7 Å². The Hall–Kier alpha value is -4.81. The zero-order valence-electron chi connectivity index (χ0n) is 17.2. The van der Waals surface area contributed by atoms with Gasteiger partial charge in [0, 0.05) is 5.69 Å². The second kappa shape index (κ2) is 7.40. The van der Waals surface area contributed by atoms with Gasteiger partial charge in [-0.15, -0.1) is 5.10 Å². The highest BCUT2D eigenvalue weighted by Crippen LogP contribution is 2.30. The summed E-state index contributed by atoms with van der Waals surface area (Å²) in [5, 5.41) is 16.3. The van der Waals surface area contributed by atoms with Crippen LogP contribution in [0.2, 0.25) is 0 Å². The number of aromatic amines is 2. The summed E-state index contributed by atoms with van der Waals surface area (Å²) in [6, 6.07) is 11.0. The van der Waals surface area contributed by atoms with Crippen LogP contribution >= 0.6 is 0 Å². The van der Waals surface area contributed by atoms with E-state index in [0.717, 1.165) is 4.90 Å². The van der Waals surface area contributed by atoms with E-state index >= 15 is 0 Å². The molecule has 1 atom stereocenters. The number of rotatable bonds is 5. The lowest BCUT2D eigenvalue weighted by molar-refractivity contribution is -0.133. The predicted octanol–water partition coefficient (Wildman–Crippen LogP) is 0.238. The van der Waals surface area contributed by atoms with Gasteiger partial charge in [0.1, 0.15) is 18.4 Å². The zero-order valence-corrected chi connectivity index (χ0v) is 17.2. The highest BCUT2D eigenvalue weighted by atomic mass is 16.2. The van der Waals surface area contributed by atoms with Crippen molar-refractivity contribution in [2.24, 2.45) is 0 Å². The number of urea groups is 1. The number of benzene rings is 2. The molecule has 13 nitrogen and oxygen atoms in total. The summed E-state index contributed by atoms with van der Waals surface area (Å²) in [7, 11) is 0. The molecule has 4 N–H and O–H groups in total. The number of imide groups is 1. The topological polar surface area (TPSA) is 171 Å². The van der Waals surface area contributed by atoms with Crippen molar-refractivity contribution in [1.82, 2.24) is 40.4 Å². The number of imidazole rings is 1. The number of anilines is 1. The van der Waals surface area contributed by atoms with Crippen molar-refractivity contribution in [3.05, 3.63) is 64.8 Å². The Kier molecular flexibility index (Phi) is 4.51. The molecule has 1 aliphatic rings. The van der Waals surface area contributed by atoms with Gasteiger partial charge in [0.25, 0.3) is 5.91 Å². The van der Waals surface area contributed by atoms with Crippen LogP contribution in [0.15, 0.2) is 53.6 Å². The summed E-state index contributed by atoms with van der Waals surface area (Å²) in [5.74, 6) is -1.13. The van der Waals surface area contributed by atoms with Gasteiger partial charge < -0.3 is 20.6 Å². The van der Waals surface area contributed by atoms with Crippen molar-refractivity contribution in [3.63, 3.8) is 0 Å². The fraction of sp³-hybridized carbons (Fsp3) is 0.150. The third-order valence-electron chi connectivity index (χ3n) is 5.41. The van der Waals surface area contributed by atoms with Crippen LogP contribution in [0.3, 0.4) is 0 Å². The maximum absolute atomic E-state index is 13.2. The Labute approximate surface area is 184 Å². The van der Waals surface area contributed by atoms with Crippen LogP contribution in [0, 0.1) is 0 Å². The van der Waals surface area contributed by atoms with E-state index in [-0.39, 0.29) is 5.69 Å². The van der Waals surface area contributed by atoms with Crippen LogP contribution < -0.4 is 16.3 Å². The average Bonchev–Trinajstić information content (AvgIpc) is 3.49. The number of carbonyl (C=O) groups is 3. The maximum Gasteiger partial charge on any atom is 0.325 e. The van der Waals surface area contributed by atoms with Gasteiger partial charge in [-0.2, -0.15) is 0 Å². The number of aromatic nitrogens is 6. The van der Waals surface area contributed by atoms with Crippen LogP contribution in [-0.2, 0) is 15.1 Å². The van der Waals surface area contributed by atoms with E-state index in [9.17, 15) is 19.2 Å². The smallest absolute Gasteiger partial charge is 0.324 e. The molecule has 0 bridgehead atoms. The minimum absolute atomic E-state index is 0.365. The van der Waals surface area contributed by atoms with E-state index < -0.39 is 29.9 Å². The molecule has 33 heavy (non-hydrogen) atoms. The molecule has 166 valence electrons. The average molecular weight is 447 g/mol. The summed E-state index contributed by atoms with van der Waals surface area (Å²) in [5.41, 5.74) is 0.900. The van der Waals surface area contributed by atoms with E-state index in [2.05, 4.69) is 36.1 Å². The number of fused-ring (bicyclic) bond motifs is 1. The first kappa shape index (κ1) is 20.1. The van der Waals surface area contributed by atoms with Crippen molar-refractivity contribution in [2.75, 3.05) is 11.9 Å². The Morgan fingerprint density at radius 2 is 1.91 bits per heavy atom. The van der Waals surface area contributed by atoms with Gasteiger partial charge in [0.15, 0.2) is 0 Å². The number of nitrogens with zero attached hydrogens (tertiary/aromatic N) is 5. The van der Waals surface area contributed by atoms with Crippen LogP contribution in [0.1, 0.15) is 12.5 Å². The molecule has 4 amide bonds. The molecule has 0 unspecified atom stereocenters. The summed E-state index contributed by atoms with van der Waals surface area (Å²) >= 11 is 0. The second-order valence-corrected chi connectivity index (χ2v) is 7.64. The number of tetrazole rings is 1. The molecular formula is C20H17N9O4. The predicted molar refractivity (Wildman–Crippen MR) is 114 cm³/mol. The van der Waals surface area contributed by atoms with Crippen LogP contribution in [-0.4, -0.2) is 59.5 Å². The summed E-state index contributed by atoms with van der Waals surface area (Å²) in [6.07, 6.45) is 1.41. The lowest BCUT2D eigenvalue weighted by Gasteiger charge is -2.22. The van der Waals surface area contributed by atoms with E-state index in [4.69, 9.17) is 0 Å². The normalized spacial score (nSPS) is 18.0. The molecule has 2 aromatic heterocycles. The van der Waals surface area contributed by atoms with E-state index in [1.807, 2.05) is 0 Å². The van der Waals surface area contributed by atoms with Gasteiger partial charge in [0.2, 0.25) is 5.91 Å². The molecule has 1 aliphatic heterocycles. The largest absolute Gasteiger partial charge is 0.325 e. The zero-order chi connectivity index (χ0) is 23.2. The number of carbonyl (C=O) groups excluding carboxylic acids is 3. The van der Waals surface area contributed by atoms with E-state index in [1.54, 1.807) is 49.4 Å².